The third kappa shape index (κ3) is 3.36. The first-order chi connectivity index (χ1) is 9.63. The molecule has 0 unspecified atom stereocenters. The molecule has 1 fully saturated rings. The number of benzene rings is 1. The number of carbonyl (C=O) groups excluding carboxylic acids is 2. The average Bonchev–Trinajstić information content (AvgIpc) is 2.48. The second-order valence-electron chi connectivity index (χ2n) is 5.03. The summed E-state index contributed by atoms with van der Waals surface area (Å²) in [7, 11) is 1.62. The van der Waals surface area contributed by atoms with Crippen molar-refractivity contribution in [2.24, 2.45) is 0 Å². The van der Waals surface area contributed by atoms with Crippen molar-refractivity contribution in [1.29, 1.82) is 0 Å². The van der Waals surface area contributed by atoms with Crippen LogP contribution in [0, 0.1) is 6.92 Å². The zero-order valence-corrected chi connectivity index (χ0v) is 12.0. The van der Waals surface area contributed by atoms with E-state index in [1.165, 1.54) is 0 Å². The van der Waals surface area contributed by atoms with Gasteiger partial charge in [-0.2, -0.15) is 0 Å². The minimum atomic E-state index is 0.107. The monoisotopic (exact) mass is 276 g/mol. The third-order valence-electron chi connectivity index (χ3n) is 3.64. The van der Waals surface area contributed by atoms with Crippen molar-refractivity contribution in [3.63, 3.8) is 0 Å². The highest BCUT2D eigenvalue weighted by atomic mass is 16.5. The van der Waals surface area contributed by atoms with E-state index in [2.05, 4.69) is 4.90 Å². The van der Waals surface area contributed by atoms with Gasteiger partial charge in [-0.3, -0.25) is 14.5 Å². The first kappa shape index (κ1) is 14.5. The number of ketones is 1. The van der Waals surface area contributed by atoms with Gasteiger partial charge in [0.1, 0.15) is 5.75 Å². The largest absolute Gasteiger partial charge is 0.496 e. The summed E-state index contributed by atoms with van der Waals surface area (Å²) in [5, 5.41) is 0. The van der Waals surface area contributed by atoms with Gasteiger partial charge in [0.15, 0.2) is 5.78 Å². The van der Waals surface area contributed by atoms with Crippen LogP contribution in [0.15, 0.2) is 18.2 Å². The highest BCUT2D eigenvalue weighted by Gasteiger charge is 2.18. The summed E-state index contributed by atoms with van der Waals surface area (Å²) in [5.74, 6) is 0.899. The van der Waals surface area contributed by atoms with Crippen molar-refractivity contribution in [1.82, 2.24) is 9.80 Å². The Balaban J connectivity index is 1.95. The fraction of sp³-hybridized carbons (Fsp3) is 0.467. The van der Waals surface area contributed by atoms with Crippen LogP contribution in [0.5, 0.6) is 5.75 Å². The van der Waals surface area contributed by atoms with Crippen LogP contribution < -0.4 is 4.74 Å². The number of nitrogens with zero attached hydrogens (tertiary/aromatic N) is 2. The molecule has 0 radical (unpaired) electrons. The van der Waals surface area contributed by atoms with Gasteiger partial charge >= 0.3 is 0 Å². The van der Waals surface area contributed by atoms with Crippen LogP contribution in [-0.2, 0) is 4.79 Å². The lowest BCUT2D eigenvalue weighted by Crippen LogP contribution is -2.47. The molecule has 0 bridgehead atoms. The smallest absolute Gasteiger partial charge is 0.209 e. The summed E-state index contributed by atoms with van der Waals surface area (Å²) in [4.78, 5) is 26.7. The van der Waals surface area contributed by atoms with E-state index < -0.39 is 0 Å². The van der Waals surface area contributed by atoms with Gasteiger partial charge < -0.3 is 9.64 Å². The van der Waals surface area contributed by atoms with E-state index in [0.29, 0.717) is 25.2 Å². The lowest BCUT2D eigenvalue weighted by atomic mass is 10.1. The van der Waals surface area contributed by atoms with Crippen molar-refractivity contribution < 1.29 is 14.3 Å². The number of methoxy groups -OCH3 is 1. The van der Waals surface area contributed by atoms with E-state index in [-0.39, 0.29) is 5.78 Å². The molecule has 0 N–H and O–H groups in total. The average molecular weight is 276 g/mol. The normalized spacial score (nSPS) is 16.0. The number of hydrogen-bond donors (Lipinski definition) is 0. The van der Waals surface area contributed by atoms with Gasteiger partial charge in [0.25, 0.3) is 0 Å². The number of carbonyl (C=O) groups is 2. The minimum Gasteiger partial charge on any atom is -0.496 e. The van der Waals surface area contributed by atoms with Crippen LogP contribution in [0.3, 0.4) is 0 Å². The summed E-state index contributed by atoms with van der Waals surface area (Å²) in [6.07, 6.45) is 0.867. The zero-order valence-electron chi connectivity index (χ0n) is 12.0. The van der Waals surface area contributed by atoms with Gasteiger partial charge in [0.05, 0.1) is 13.7 Å². The fourth-order valence-corrected chi connectivity index (χ4v) is 2.37. The van der Waals surface area contributed by atoms with Crippen molar-refractivity contribution in [3.8, 4) is 5.75 Å². The Bertz CT molecular complexity index is 494. The van der Waals surface area contributed by atoms with Gasteiger partial charge in [0, 0.05) is 31.7 Å². The minimum absolute atomic E-state index is 0.107. The van der Waals surface area contributed by atoms with Crippen LogP contribution in [-0.4, -0.2) is 61.8 Å². The SMILES string of the molecule is COc1ccc(C(=O)CN2CCN(C=O)CC2)cc1C. The Morgan fingerprint density at radius 3 is 2.55 bits per heavy atom. The fourth-order valence-electron chi connectivity index (χ4n) is 2.37. The van der Waals surface area contributed by atoms with Gasteiger partial charge in [-0.15, -0.1) is 0 Å². The molecule has 1 aliphatic rings. The van der Waals surface area contributed by atoms with Crippen molar-refractivity contribution in [2.75, 3.05) is 39.8 Å². The van der Waals surface area contributed by atoms with Gasteiger partial charge in [-0.25, -0.2) is 0 Å². The van der Waals surface area contributed by atoms with E-state index >= 15 is 0 Å². The summed E-state index contributed by atoms with van der Waals surface area (Å²) in [6.45, 7) is 5.22. The molecular formula is C15H20N2O3. The number of piperazine rings is 1. The van der Waals surface area contributed by atoms with Crippen LogP contribution in [0.1, 0.15) is 15.9 Å². The van der Waals surface area contributed by atoms with Gasteiger partial charge in [-0.05, 0) is 30.7 Å². The summed E-state index contributed by atoms with van der Waals surface area (Å²) in [5.41, 5.74) is 1.67. The van der Waals surface area contributed by atoms with Crippen molar-refractivity contribution >= 4 is 12.2 Å². The standard InChI is InChI=1S/C15H20N2O3/c1-12-9-13(3-4-15(12)20-2)14(19)10-16-5-7-17(11-18)8-6-16/h3-4,9,11H,5-8,10H2,1-2H3. The van der Waals surface area contributed by atoms with Crippen molar-refractivity contribution in [3.05, 3.63) is 29.3 Å². The van der Waals surface area contributed by atoms with E-state index in [9.17, 15) is 9.59 Å². The molecule has 1 heterocycles. The van der Waals surface area contributed by atoms with Gasteiger partial charge in [-0.1, -0.05) is 0 Å². The first-order valence-corrected chi connectivity index (χ1v) is 6.73. The number of ether oxygens (including phenoxy) is 1. The maximum absolute atomic E-state index is 12.3. The molecule has 0 spiro atoms. The summed E-state index contributed by atoms with van der Waals surface area (Å²) in [6, 6.07) is 5.49. The molecule has 0 aromatic heterocycles. The lowest BCUT2D eigenvalue weighted by Gasteiger charge is -2.31. The highest BCUT2D eigenvalue weighted by Crippen LogP contribution is 2.19. The maximum Gasteiger partial charge on any atom is 0.209 e. The molecule has 20 heavy (non-hydrogen) atoms. The van der Waals surface area contributed by atoms with Crippen LogP contribution in [0.25, 0.3) is 0 Å². The highest BCUT2D eigenvalue weighted by molar-refractivity contribution is 5.98. The molecule has 108 valence electrons. The molecule has 2 rings (SSSR count). The Labute approximate surface area is 119 Å². The van der Waals surface area contributed by atoms with E-state index in [4.69, 9.17) is 4.74 Å². The molecule has 1 amide bonds. The predicted octanol–water partition coefficient (Wildman–Crippen LogP) is 0.960. The number of amides is 1. The predicted molar refractivity (Wildman–Crippen MR) is 76.1 cm³/mol. The maximum atomic E-state index is 12.3. The topological polar surface area (TPSA) is 49.9 Å². The number of Topliss-reactive ketones (excluding diaryl/α,β-unsaturated/α-hetero) is 1. The van der Waals surface area contributed by atoms with E-state index in [1.807, 2.05) is 19.1 Å². The van der Waals surface area contributed by atoms with Crippen LogP contribution in [0.4, 0.5) is 0 Å². The molecule has 0 saturated carbocycles. The molecule has 1 saturated heterocycles. The molecule has 5 heteroatoms. The third-order valence-corrected chi connectivity index (χ3v) is 3.64. The van der Waals surface area contributed by atoms with E-state index in [0.717, 1.165) is 30.8 Å². The number of hydrogen-bond acceptors (Lipinski definition) is 4. The summed E-state index contributed by atoms with van der Waals surface area (Å²) < 4.78 is 5.19. The molecular weight excluding hydrogens is 256 g/mol. The van der Waals surface area contributed by atoms with Crippen LogP contribution >= 0.6 is 0 Å². The molecule has 1 aliphatic heterocycles. The lowest BCUT2D eigenvalue weighted by molar-refractivity contribution is -0.119. The Kier molecular flexibility index (Phi) is 4.74. The number of rotatable bonds is 5. The molecule has 5 nitrogen and oxygen atoms in total. The molecule has 1 aromatic carbocycles. The molecule has 0 atom stereocenters. The quantitative estimate of drug-likeness (QED) is 0.594. The zero-order chi connectivity index (χ0) is 14.5. The second-order valence-corrected chi connectivity index (χ2v) is 5.03. The molecule has 0 aliphatic carbocycles. The van der Waals surface area contributed by atoms with E-state index in [1.54, 1.807) is 18.1 Å². The first-order valence-electron chi connectivity index (χ1n) is 6.73. The summed E-state index contributed by atoms with van der Waals surface area (Å²) >= 11 is 0. The number of aryl methyl sites for hydroxylation is 1. The Hall–Kier alpha value is -1.88. The van der Waals surface area contributed by atoms with Crippen molar-refractivity contribution in [2.45, 2.75) is 6.92 Å². The second kappa shape index (κ2) is 6.52. The Morgan fingerprint density at radius 1 is 1.30 bits per heavy atom. The van der Waals surface area contributed by atoms with Crippen LogP contribution in [0.2, 0.25) is 0 Å². The van der Waals surface area contributed by atoms with Gasteiger partial charge in [0.2, 0.25) is 6.41 Å². The Morgan fingerprint density at radius 2 is 2.00 bits per heavy atom. The molecule has 1 aromatic rings.